The lowest BCUT2D eigenvalue weighted by molar-refractivity contribution is -0.142. The van der Waals surface area contributed by atoms with Crippen LogP contribution in [-0.4, -0.2) is 38.5 Å². The summed E-state index contributed by atoms with van der Waals surface area (Å²) in [5, 5.41) is 30.2. The van der Waals surface area contributed by atoms with Crippen LogP contribution in [0, 0.1) is 6.92 Å². The Balaban J connectivity index is 0.00000324. The molecule has 0 amide bonds. The molecule has 0 aliphatic rings. The maximum Gasteiger partial charge on any atom is 0.323 e. The van der Waals surface area contributed by atoms with Crippen molar-refractivity contribution in [1.29, 1.82) is 0 Å². The Morgan fingerprint density at radius 3 is 2.29 bits per heavy atom. The number of carboxylic acids is 1. The van der Waals surface area contributed by atoms with Crippen LogP contribution in [0.4, 0.5) is 0 Å². The van der Waals surface area contributed by atoms with Gasteiger partial charge in [-0.05, 0) is 54.3 Å². The van der Waals surface area contributed by atoms with E-state index in [1.54, 1.807) is 0 Å². The number of rotatable bonds is 8. The number of nitrogens with one attached hydrogen (secondary N) is 1. The van der Waals surface area contributed by atoms with Crippen molar-refractivity contribution in [2.24, 2.45) is 0 Å². The normalized spacial score (nSPS) is 12.6. The van der Waals surface area contributed by atoms with Crippen LogP contribution in [0.2, 0.25) is 0 Å². The number of aliphatic hydroxyl groups is 1. The average Bonchev–Trinajstić information content (AvgIpc) is 3.30. The minimum atomic E-state index is -1.10. The van der Waals surface area contributed by atoms with E-state index in [0.29, 0.717) is 11.8 Å². The molecule has 34 heavy (non-hydrogen) atoms. The Morgan fingerprint density at radius 2 is 1.59 bits per heavy atom. The summed E-state index contributed by atoms with van der Waals surface area (Å²) in [6.07, 6.45) is -1.01. The highest BCUT2D eigenvalue weighted by Gasteiger charge is 2.22. The predicted molar refractivity (Wildman–Crippen MR) is 133 cm³/mol. The van der Waals surface area contributed by atoms with Crippen LogP contribution >= 0.6 is 12.4 Å². The first-order valence-electron chi connectivity index (χ1n) is 10.7. The fourth-order valence-electron chi connectivity index (χ4n) is 3.75. The maximum absolute atomic E-state index is 11.3. The second-order valence-corrected chi connectivity index (χ2v) is 7.89. The SMILES string of the molecule is Cc1c(-c2ccccc2)cccc1-c1nnc(-c2cccc(CN[C@H](C(=O)O)[C@@H](C)O)c2)o1.Cl. The highest BCUT2D eigenvalue weighted by molar-refractivity contribution is 5.85. The zero-order valence-corrected chi connectivity index (χ0v) is 19.6. The lowest BCUT2D eigenvalue weighted by Gasteiger charge is -2.17. The number of carboxylic acid groups (broad SMARTS) is 1. The summed E-state index contributed by atoms with van der Waals surface area (Å²) >= 11 is 0. The van der Waals surface area contributed by atoms with Crippen molar-refractivity contribution >= 4 is 18.4 Å². The van der Waals surface area contributed by atoms with Crippen molar-refractivity contribution in [3.63, 3.8) is 0 Å². The molecule has 0 radical (unpaired) electrons. The number of aliphatic hydroxyl groups excluding tert-OH is 1. The van der Waals surface area contributed by atoms with Gasteiger partial charge in [0.15, 0.2) is 0 Å². The number of nitrogens with zero attached hydrogens (tertiary/aromatic N) is 2. The monoisotopic (exact) mass is 479 g/mol. The molecule has 0 fully saturated rings. The van der Waals surface area contributed by atoms with E-state index in [0.717, 1.165) is 33.4 Å². The van der Waals surface area contributed by atoms with E-state index in [-0.39, 0.29) is 19.0 Å². The highest BCUT2D eigenvalue weighted by Crippen LogP contribution is 2.32. The molecule has 0 unspecified atom stereocenters. The molecule has 0 aliphatic carbocycles. The molecule has 8 heteroatoms. The average molecular weight is 480 g/mol. The molecule has 3 N–H and O–H groups in total. The number of aromatic nitrogens is 2. The summed E-state index contributed by atoms with van der Waals surface area (Å²) in [4.78, 5) is 11.3. The summed E-state index contributed by atoms with van der Waals surface area (Å²) in [6.45, 7) is 3.75. The van der Waals surface area contributed by atoms with Crippen LogP contribution in [0.15, 0.2) is 77.2 Å². The molecule has 0 saturated heterocycles. The fraction of sp³-hybridized carbons (Fsp3) is 0.192. The fourth-order valence-corrected chi connectivity index (χ4v) is 3.75. The van der Waals surface area contributed by atoms with Gasteiger partial charge in [-0.15, -0.1) is 22.6 Å². The third kappa shape index (κ3) is 5.51. The summed E-state index contributed by atoms with van der Waals surface area (Å²) in [5.41, 5.74) is 5.71. The van der Waals surface area contributed by atoms with Crippen molar-refractivity contribution in [3.8, 4) is 34.0 Å². The van der Waals surface area contributed by atoms with Gasteiger partial charge in [-0.3, -0.25) is 10.1 Å². The molecule has 7 nitrogen and oxygen atoms in total. The lowest BCUT2D eigenvalue weighted by Crippen LogP contribution is -2.44. The molecule has 2 atom stereocenters. The number of hydrogen-bond donors (Lipinski definition) is 3. The quantitative estimate of drug-likeness (QED) is 0.335. The molecule has 176 valence electrons. The van der Waals surface area contributed by atoms with E-state index in [2.05, 4.69) is 33.7 Å². The van der Waals surface area contributed by atoms with Crippen LogP contribution in [-0.2, 0) is 11.3 Å². The molecule has 1 heterocycles. The summed E-state index contributed by atoms with van der Waals surface area (Å²) in [5.74, 6) is -0.290. The van der Waals surface area contributed by atoms with Gasteiger partial charge >= 0.3 is 5.97 Å². The van der Waals surface area contributed by atoms with Gasteiger partial charge in [0, 0.05) is 17.7 Å². The van der Waals surface area contributed by atoms with Crippen molar-refractivity contribution in [2.75, 3.05) is 0 Å². The zero-order valence-electron chi connectivity index (χ0n) is 18.8. The van der Waals surface area contributed by atoms with Crippen molar-refractivity contribution < 1.29 is 19.4 Å². The number of benzene rings is 3. The van der Waals surface area contributed by atoms with E-state index in [4.69, 9.17) is 4.42 Å². The molecule has 0 spiro atoms. The van der Waals surface area contributed by atoms with E-state index in [9.17, 15) is 15.0 Å². The lowest BCUT2D eigenvalue weighted by atomic mass is 9.96. The first-order valence-corrected chi connectivity index (χ1v) is 10.7. The second kappa shape index (κ2) is 11.1. The Bertz CT molecular complexity index is 1260. The highest BCUT2D eigenvalue weighted by atomic mass is 35.5. The van der Waals surface area contributed by atoms with Crippen LogP contribution in [0.5, 0.6) is 0 Å². The molecular weight excluding hydrogens is 454 g/mol. The van der Waals surface area contributed by atoms with Gasteiger partial charge in [0.2, 0.25) is 11.8 Å². The van der Waals surface area contributed by atoms with Gasteiger partial charge in [0.25, 0.3) is 0 Å². The Hall–Kier alpha value is -3.52. The minimum absolute atomic E-state index is 0. The molecule has 4 rings (SSSR count). The summed E-state index contributed by atoms with van der Waals surface area (Å²) in [6, 6.07) is 22.5. The van der Waals surface area contributed by atoms with E-state index < -0.39 is 18.1 Å². The Morgan fingerprint density at radius 1 is 0.941 bits per heavy atom. The van der Waals surface area contributed by atoms with E-state index in [1.165, 1.54) is 6.92 Å². The van der Waals surface area contributed by atoms with Gasteiger partial charge < -0.3 is 14.6 Å². The second-order valence-electron chi connectivity index (χ2n) is 7.89. The van der Waals surface area contributed by atoms with Crippen molar-refractivity contribution in [1.82, 2.24) is 15.5 Å². The number of carbonyl (C=O) groups is 1. The Kier molecular flexibility index (Phi) is 8.17. The van der Waals surface area contributed by atoms with Gasteiger partial charge in [0.05, 0.1) is 6.10 Å². The molecule has 4 aromatic rings. The molecule has 3 aromatic carbocycles. The predicted octanol–water partition coefficient (Wildman–Crippen LogP) is 4.72. The Labute approximate surface area is 203 Å². The third-order valence-corrected chi connectivity index (χ3v) is 5.52. The number of aliphatic carboxylic acids is 1. The van der Waals surface area contributed by atoms with E-state index in [1.807, 2.05) is 61.5 Å². The number of hydrogen-bond acceptors (Lipinski definition) is 6. The van der Waals surface area contributed by atoms with Gasteiger partial charge in [-0.1, -0.05) is 54.6 Å². The first kappa shape index (κ1) is 25.1. The zero-order chi connectivity index (χ0) is 23.4. The standard InChI is InChI=1S/C26H25N3O4.ClH/c1-16-21(19-9-4-3-5-10-19)12-7-13-22(16)25-29-28-24(33-25)20-11-6-8-18(14-20)15-27-23(17(2)30)26(31)32;/h3-14,17,23,27,30H,15H2,1-2H3,(H,31,32);1H/t17-,23+;/m1./s1. The smallest absolute Gasteiger partial charge is 0.323 e. The molecule has 0 saturated carbocycles. The van der Waals surface area contributed by atoms with Gasteiger partial charge in [-0.25, -0.2) is 0 Å². The molecule has 1 aromatic heterocycles. The van der Waals surface area contributed by atoms with Crippen molar-refractivity contribution in [3.05, 3.63) is 83.9 Å². The van der Waals surface area contributed by atoms with Gasteiger partial charge in [0.1, 0.15) is 6.04 Å². The number of halogens is 1. The van der Waals surface area contributed by atoms with Gasteiger partial charge in [-0.2, -0.15) is 0 Å². The minimum Gasteiger partial charge on any atom is -0.480 e. The largest absolute Gasteiger partial charge is 0.480 e. The van der Waals surface area contributed by atoms with Crippen LogP contribution in [0.1, 0.15) is 18.1 Å². The maximum atomic E-state index is 11.3. The molecule has 0 aliphatic heterocycles. The van der Waals surface area contributed by atoms with Crippen LogP contribution in [0.25, 0.3) is 34.0 Å². The molecular formula is C26H26ClN3O4. The molecule has 0 bridgehead atoms. The summed E-state index contributed by atoms with van der Waals surface area (Å²) in [7, 11) is 0. The van der Waals surface area contributed by atoms with Crippen LogP contribution in [0.3, 0.4) is 0 Å². The third-order valence-electron chi connectivity index (χ3n) is 5.52. The van der Waals surface area contributed by atoms with Crippen LogP contribution < -0.4 is 5.32 Å². The summed E-state index contributed by atoms with van der Waals surface area (Å²) < 4.78 is 6.01. The van der Waals surface area contributed by atoms with E-state index >= 15 is 0 Å². The first-order chi connectivity index (χ1) is 15.9. The topological polar surface area (TPSA) is 108 Å². The van der Waals surface area contributed by atoms with Crippen molar-refractivity contribution in [2.45, 2.75) is 32.5 Å².